The Hall–Kier alpha value is -1.62. The number of nitrogens with one attached hydrogen (secondary N) is 2. The summed E-state index contributed by atoms with van der Waals surface area (Å²) in [6, 6.07) is 0. The van der Waals surface area contributed by atoms with Gasteiger partial charge >= 0.3 is 5.69 Å². The largest absolute Gasteiger partial charge is 0.414 e. The molecule has 210 valence electrons. The predicted molar refractivity (Wildman–Crippen MR) is 143 cm³/mol. The zero-order valence-corrected chi connectivity index (χ0v) is 25.8. The monoisotopic (exact) mass is 557 g/mol. The quantitative estimate of drug-likeness (QED) is 0.201. The van der Waals surface area contributed by atoms with Gasteiger partial charge in [-0.25, -0.2) is 10.3 Å². The molecule has 0 aromatic carbocycles. The van der Waals surface area contributed by atoms with Crippen LogP contribution >= 0.6 is 0 Å². The molecule has 3 N–H and O–H groups in total. The molecule has 2 aliphatic heterocycles. The Bertz CT molecular complexity index is 1150. The fraction of sp³-hybridized carbons (Fsp3) is 0.792. The highest BCUT2D eigenvalue weighted by Gasteiger charge is 2.77. The normalized spacial score (nSPS) is 28.5. The third kappa shape index (κ3) is 5.31. The Kier molecular flexibility index (Phi) is 7.72. The van der Waals surface area contributed by atoms with E-state index in [9.17, 15) is 19.6 Å². The van der Waals surface area contributed by atoms with Gasteiger partial charge in [0, 0.05) is 11.8 Å². The molecule has 1 amide bonds. The molecule has 1 aromatic rings. The van der Waals surface area contributed by atoms with Crippen LogP contribution in [0.3, 0.4) is 0 Å². The summed E-state index contributed by atoms with van der Waals surface area (Å²) in [7, 11) is -4.73. The van der Waals surface area contributed by atoms with E-state index in [1.54, 1.807) is 12.4 Å². The van der Waals surface area contributed by atoms with Crippen molar-refractivity contribution in [2.75, 3.05) is 6.61 Å². The number of epoxide rings is 1. The number of rotatable bonds is 7. The van der Waals surface area contributed by atoms with Gasteiger partial charge in [0.2, 0.25) is 0 Å². The number of H-pyrrole nitrogens is 1. The Balaban J connectivity index is 2.13. The molecule has 2 aliphatic rings. The fourth-order valence-electron chi connectivity index (χ4n) is 4.00. The van der Waals surface area contributed by atoms with Crippen LogP contribution in [0.2, 0.25) is 36.3 Å². The van der Waals surface area contributed by atoms with Crippen molar-refractivity contribution in [3.8, 4) is 0 Å². The number of carbonyl (C=O) groups excluding carboxylic acids is 1. The van der Waals surface area contributed by atoms with Crippen molar-refractivity contribution in [3.63, 3.8) is 0 Å². The Morgan fingerprint density at radius 1 is 1.14 bits per heavy atom. The van der Waals surface area contributed by atoms with Crippen molar-refractivity contribution in [1.82, 2.24) is 15.0 Å². The van der Waals surface area contributed by atoms with Crippen molar-refractivity contribution >= 4 is 22.5 Å². The van der Waals surface area contributed by atoms with E-state index in [4.69, 9.17) is 18.3 Å². The summed E-state index contributed by atoms with van der Waals surface area (Å²) in [5.74, 6) is -0.726. The third-order valence-electron chi connectivity index (χ3n) is 8.58. The van der Waals surface area contributed by atoms with Crippen LogP contribution in [0.25, 0.3) is 0 Å². The molecule has 5 atom stereocenters. The molecule has 2 saturated heterocycles. The van der Waals surface area contributed by atoms with Crippen LogP contribution < -0.4 is 16.7 Å². The summed E-state index contributed by atoms with van der Waals surface area (Å²) in [5.41, 5.74) is -0.438. The van der Waals surface area contributed by atoms with Gasteiger partial charge < -0.3 is 18.3 Å². The van der Waals surface area contributed by atoms with Crippen molar-refractivity contribution < 1.29 is 28.3 Å². The van der Waals surface area contributed by atoms with Crippen LogP contribution in [-0.2, 0) is 23.1 Å². The van der Waals surface area contributed by atoms with Gasteiger partial charge in [-0.1, -0.05) is 41.5 Å². The van der Waals surface area contributed by atoms with E-state index in [0.717, 1.165) is 0 Å². The number of aromatic amines is 1. The molecule has 0 aliphatic carbocycles. The second-order valence-corrected chi connectivity index (χ2v) is 22.8. The smallest absolute Gasteiger partial charge is 0.330 e. The second-order valence-electron chi connectivity index (χ2n) is 13.2. The summed E-state index contributed by atoms with van der Waals surface area (Å²) >= 11 is 0. The van der Waals surface area contributed by atoms with Crippen molar-refractivity contribution in [1.29, 1.82) is 0 Å². The lowest BCUT2D eigenvalue weighted by Crippen LogP contribution is -2.53. The number of ether oxygens (including phenoxy) is 2. The van der Waals surface area contributed by atoms with E-state index in [0.29, 0.717) is 5.56 Å². The van der Waals surface area contributed by atoms with Gasteiger partial charge in [0.05, 0.1) is 6.61 Å². The molecule has 11 nitrogen and oxygen atoms in total. The van der Waals surface area contributed by atoms with Crippen molar-refractivity contribution in [2.24, 2.45) is 0 Å². The second kappa shape index (κ2) is 9.54. The molecule has 37 heavy (non-hydrogen) atoms. The number of aryl methyl sites for hydroxylation is 1. The highest BCUT2D eigenvalue weighted by molar-refractivity contribution is 6.74. The van der Waals surface area contributed by atoms with Crippen LogP contribution in [0.5, 0.6) is 0 Å². The summed E-state index contributed by atoms with van der Waals surface area (Å²) in [5, 5.41) is 9.13. The number of amides is 1. The van der Waals surface area contributed by atoms with Gasteiger partial charge in [-0.3, -0.25) is 24.3 Å². The van der Waals surface area contributed by atoms with Gasteiger partial charge in [-0.2, -0.15) is 0 Å². The average Bonchev–Trinajstić information content (AvgIpc) is 3.42. The summed E-state index contributed by atoms with van der Waals surface area (Å²) in [4.78, 5) is 40.0. The summed E-state index contributed by atoms with van der Waals surface area (Å²) in [6.07, 6.45) is -2.29. The van der Waals surface area contributed by atoms with E-state index < -0.39 is 63.9 Å². The lowest BCUT2D eigenvalue weighted by Gasteiger charge is -2.40. The first-order valence-electron chi connectivity index (χ1n) is 12.6. The average molecular weight is 558 g/mol. The minimum atomic E-state index is -2.50. The Labute approximate surface area is 220 Å². The first kappa shape index (κ1) is 29.9. The summed E-state index contributed by atoms with van der Waals surface area (Å²) < 4.78 is 27.1. The highest BCUT2D eigenvalue weighted by Crippen LogP contribution is 2.56. The summed E-state index contributed by atoms with van der Waals surface area (Å²) in [6.45, 7) is 22.6. The molecule has 1 spiro atoms. The van der Waals surface area contributed by atoms with E-state index in [-0.39, 0.29) is 16.7 Å². The highest BCUT2D eigenvalue weighted by atomic mass is 28.4. The van der Waals surface area contributed by atoms with Crippen LogP contribution in [0.4, 0.5) is 0 Å². The molecule has 0 radical (unpaired) electrons. The zero-order valence-electron chi connectivity index (χ0n) is 23.8. The van der Waals surface area contributed by atoms with Gasteiger partial charge in [0.1, 0.15) is 12.2 Å². The number of hydrogen-bond acceptors (Lipinski definition) is 8. The molecule has 3 heterocycles. The molecule has 0 bridgehead atoms. The van der Waals surface area contributed by atoms with Crippen LogP contribution in [-0.4, -0.2) is 67.8 Å². The molecule has 1 aromatic heterocycles. The molecule has 0 saturated carbocycles. The molecule has 13 heteroatoms. The zero-order chi connectivity index (χ0) is 28.4. The van der Waals surface area contributed by atoms with Gasteiger partial charge in [0.15, 0.2) is 34.6 Å². The van der Waals surface area contributed by atoms with Crippen LogP contribution in [0.1, 0.15) is 53.3 Å². The lowest BCUT2D eigenvalue weighted by atomic mass is 9.93. The Morgan fingerprint density at radius 2 is 1.70 bits per heavy atom. The first-order valence-corrected chi connectivity index (χ1v) is 18.4. The maximum absolute atomic E-state index is 12.9. The van der Waals surface area contributed by atoms with E-state index in [2.05, 4.69) is 72.7 Å². The van der Waals surface area contributed by atoms with E-state index in [1.165, 1.54) is 10.8 Å². The molecule has 3 rings (SSSR count). The fourth-order valence-corrected chi connectivity index (χ4v) is 6.29. The molecule has 2 fully saturated rings. The standard InChI is InChI=1S/C24H43N3O8Si2/c1-14-12-27(21(30)25-18(14)28)20-17(35-37(10,11)23(5,6)7)24(16(34-24)19(29)26-31)15(33-20)13-32-36(8,9)22(2,3)4/h12,15-17,20,31H,13H2,1-11H3,(H,26,29)(H,25,28,30)/t15?,16-,17-,20+,24?/m0/s1. The first-order chi connectivity index (χ1) is 16.7. The van der Waals surface area contributed by atoms with Gasteiger partial charge in [-0.05, 0) is 43.2 Å². The number of hydrogen-bond donors (Lipinski definition) is 3. The molecular weight excluding hydrogens is 514 g/mol. The number of nitrogens with zero attached hydrogens (tertiary/aromatic N) is 1. The van der Waals surface area contributed by atoms with E-state index >= 15 is 0 Å². The van der Waals surface area contributed by atoms with Crippen LogP contribution in [0.15, 0.2) is 15.8 Å². The van der Waals surface area contributed by atoms with Crippen molar-refractivity contribution in [2.45, 2.75) is 115 Å². The van der Waals surface area contributed by atoms with E-state index in [1.807, 2.05) is 0 Å². The van der Waals surface area contributed by atoms with Crippen molar-refractivity contribution in [3.05, 3.63) is 32.6 Å². The number of carbonyl (C=O) groups is 1. The third-order valence-corrected chi connectivity index (χ3v) is 17.5. The topological polar surface area (TPSA) is 144 Å². The molecular formula is C24H43N3O8Si2. The Morgan fingerprint density at radius 3 is 2.22 bits per heavy atom. The minimum absolute atomic E-state index is 0.0749. The maximum Gasteiger partial charge on any atom is 0.330 e. The van der Waals surface area contributed by atoms with Crippen LogP contribution in [0, 0.1) is 6.92 Å². The molecule has 2 unspecified atom stereocenters. The minimum Gasteiger partial charge on any atom is -0.414 e. The van der Waals surface area contributed by atoms with Gasteiger partial charge in [-0.15, -0.1) is 0 Å². The predicted octanol–water partition coefficient (Wildman–Crippen LogP) is 2.80. The maximum atomic E-state index is 12.9. The van der Waals surface area contributed by atoms with Gasteiger partial charge in [0.25, 0.3) is 11.5 Å². The SMILES string of the molecule is Cc1cn([C@@H]2OC(CO[Si](C)(C)C(C)(C)C)C3(O[C@H]3C(=O)NO)[C@H]2O[Si](C)(C)C(C)(C)C)c(=O)[nH]c1=O. The number of aromatic nitrogens is 2. The lowest BCUT2D eigenvalue weighted by molar-refractivity contribution is -0.130. The number of hydroxylamine groups is 1.